The van der Waals surface area contributed by atoms with Gasteiger partial charge in [0.05, 0.1) is 6.10 Å². The minimum Gasteiger partial charge on any atom is -0.393 e. The Morgan fingerprint density at radius 2 is 1.68 bits per heavy atom. The molecule has 0 spiro atoms. The Morgan fingerprint density at radius 1 is 0.968 bits per heavy atom. The van der Waals surface area contributed by atoms with Crippen molar-refractivity contribution in [2.45, 2.75) is 126 Å². The van der Waals surface area contributed by atoms with Crippen molar-refractivity contribution < 1.29 is 5.11 Å². The minimum atomic E-state index is -0.121. The van der Waals surface area contributed by atoms with Crippen molar-refractivity contribution in [1.82, 2.24) is 0 Å². The van der Waals surface area contributed by atoms with Crippen molar-refractivity contribution in [2.75, 3.05) is 0 Å². The second-order valence-electron chi connectivity index (χ2n) is 13.6. The van der Waals surface area contributed by atoms with Crippen LogP contribution < -0.4 is 0 Å². The number of hydrogen-bond donors (Lipinski definition) is 1. The highest BCUT2D eigenvalue weighted by Crippen LogP contribution is 2.74. The highest BCUT2D eigenvalue weighted by molar-refractivity contribution is 5.36. The molecular weight excluding hydrogens is 376 g/mol. The second-order valence-corrected chi connectivity index (χ2v) is 13.6. The summed E-state index contributed by atoms with van der Waals surface area (Å²) in [6.45, 7) is 19.7. The summed E-state index contributed by atoms with van der Waals surface area (Å²) < 4.78 is 0. The molecule has 3 fully saturated rings. The third kappa shape index (κ3) is 3.34. The van der Waals surface area contributed by atoms with E-state index in [-0.39, 0.29) is 11.5 Å². The van der Waals surface area contributed by atoms with Crippen molar-refractivity contribution in [3.63, 3.8) is 0 Å². The van der Waals surface area contributed by atoms with Gasteiger partial charge in [-0.25, -0.2) is 0 Å². The van der Waals surface area contributed by atoms with Crippen molar-refractivity contribution in [3.05, 3.63) is 22.8 Å². The van der Waals surface area contributed by atoms with Crippen LogP contribution in [0.15, 0.2) is 22.8 Å². The molecule has 0 bridgehead atoms. The minimum absolute atomic E-state index is 0.0611. The van der Waals surface area contributed by atoms with Crippen molar-refractivity contribution in [1.29, 1.82) is 0 Å². The summed E-state index contributed by atoms with van der Waals surface area (Å²) in [7, 11) is 0. The first kappa shape index (κ1) is 23.6. The smallest absolute Gasteiger partial charge is 0.0594 e. The molecule has 3 saturated carbocycles. The van der Waals surface area contributed by atoms with Crippen LogP contribution in [0.2, 0.25) is 0 Å². The summed E-state index contributed by atoms with van der Waals surface area (Å²) in [5.41, 5.74) is 6.45. The molecule has 176 valence electrons. The fourth-order valence-corrected chi connectivity index (χ4v) is 9.59. The van der Waals surface area contributed by atoms with Crippen LogP contribution in [-0.2, 0) is 0 Å². The fraction of sp³-hybridized carbons (Fsp3) is 0.867. The van der Waals surface area contributed by atoms with Crippen LogP contribution in [0.25, 0.3) is 0 Å². The topological polar surface area (TPSA) is 20.2 Å². The molecule has 0 unspecified atom stereocenters. The maximum Gasteiger partial charge on any atom is 0.0594 e. The molecule has 4 rings (SSSR count). The van der Waals surface area contributed by atoms with Gasteiger partial charge in [-0.15, -0.1) is 0 Å². The van der Waals surface area contributed by atoms with Crippen molar-refractivity contribution >= 4 is 0 Å². The number of fused-ring (bicyclic) bond motifs is 5. The Morgan fingerprint density at radius 3 is 2.35 bits per heavy atom. The molecular formula is C30H50O. The molecule has 0 aliphatic heterocycles. The first-order valence-electron chi connectivity index (χ1n) is 13.4. The predicted molar refractivity (Wildman–Crippen MR) is 133 cm³/mol. The maximum absolute atomic E-state index is 10.8. The summed E-state index contributed by atoms with van der Waals surface area (Å²) in [6, 6.07) is 0. The molecule has 4 aliphatic carbocycles. The van der Waals surface area contributed by atoms with Crippen LogP contribution in [0.1, 0.15) is 120 Å². The zero-order valence-corrected chi connectivity index (χ0v) is 21.9. The average molecular weight is 427 g/mol. The second kappa shape index (κ2) is 7.75. The van der Waals surface area contributed by atoms with Crippen molar-refractivity contribution in [2.24, 2.45) is 39.4 Å². The van der Waals surface area contributed by atoms with Gasteiger partial charge in [0.25, 0.3) is 0 Å². The Hall–Kier alpha value is -0.560. The van der Waals surface area contributed by atoms with Gasteiger partial charge < -0.3 is 5.11 Å². The molecule has 0 aromatic heterocycles. The van der Waals surface area contributed by atoms with E-state index in [2.05, 4.69) is 61.5 Å². The van der Waals surface area contributed by atoms with E-state index in [0.717, 1.165) is 18.3 Å². The first-order chi connectivity index (χ1) is 14.4. The van der Waals surface area contributed by atoms with Gasteiger partial charge in [-0.2, -0.15) is 0 Å². The molecule has 4 aliphatic rings. The molecule has 0 amide bonds. The number of rotatable bonds is 4. The van der Waals surface area contributed by atoms with Crippen LogP contribution in [-0.4, -0.2) is 11.2 Å². The lowest BCUT2D eigenvalue weighted by Crippen LogP contribution is -2.62. The normalized spacial score (nSPS) is 44.9. The highest BCUT2D eigenvalue weighted by atomic mass is 16.3. The number of allylic oxidation sites excluding steroid dienone is 4. The van der Waals surface area contributed by atoms with Gasteiger partial charge in [0.2, 0.25) is 0 Å². The van der Waals surface area contributed by atoms with Crippen molar-refractivity contribution in [3.8, 4) is 0 Å². The van der Waals surface area contributed by atoms with Gasteiger partial charge in [-0.3, -0.25) is 0 Å². The van der Waals surface area contributed by atoms with E-state index in [1.54, 1.807) is 0 Å². The molecule has 31 heavy (non-hydrogen) atoms. The largest absolute Gasteiger partial charge is 0.393 e. The highest BCUT2D eigenvalue weighted by Gasteiger charge is 2.66. The molecule has 0 saturated heterocycles. The number of aliphatic hydroxyl groups is 1. The summed E-state index contributed by atoms with van der Waals surface area (Å²) in [4.78, 5) is 0. The molecule has 0 heterocycles. The van der Waals surface area contributed by atoms with Gasteiger partial charge in [0.1, 0.15) is 0 Å². The molecule has 0 aromatic carbocycles. The lowest BCUT2D eigenvalue weighted by molar-refractivity contribution is -0.200. The Balaban J connectivity index is 1.64. The zero-order chi connectivity index (χ0) is 22.8. The van der Waals surface area contributed by atoms with Gasteiger partial charge in [-0.05, 0) is 117 Å². The third-order valence-electron chi connectivity index (χ3n) is 11.7. The van der Waals surface area contributed by atoms with Gasteiger partial charge in [0.15, 0.2) is 0 Å². The summed E-state index contributed by atoms with van der Waals surface area (Å²) in [6.07, 6.45) is 15.2. The average Bonchev–Trinajstić information content (AvgIpc) is 3.03. The maximum atomic E-state index is 10.8. The zero-order valence-electron chi connectivity index (χ0n) is 21.9. The number of hydrogen-bond acceptors (Lipinski definition) is 1. The summed E-state index contributed by atoms with van der Waals surface area (Å²) in [5.74, 6) is 2.21. The molecule has 0 aromatic rings. The Labute approximate surface area is 193 Å². The van der Waals surface area contributed by atoms with E-state index in [1.807, 2.05) is 11.1 Å². The Bertz CT molecular complexity index is 767. The molecule has 0 radical (unpaired) electrons. The molecule has 1 heteroatoms. The third-order valence-corrected chi connectivity index (χ3v) is 11.7. The van der Waals surface area contributed by atoms with Gasteiger partial charge >= 0.3 is 0 Å². The Kier molecular flexibility index (Phi) is 5.90. The first-order valence-corrected chi connectivity index (χ1v) is 13.4. The van der Waals surface area contributed by atoms with Gasteiger partial charge in [0, 0.05) is 0 Å². The predicted octanol–water partition coefficient (Wildman–Crippen LogP) is 8.48. The fourth-order valence-electron chi connectivity index (χ4n) is 9.59. The molecule has 1 nitrogen and oxygen atoms in total. The van der Waals surface area contributed by atoms with Crippen LogP contribution in [0.4, 0.5) is 0 Å². The van der Waals surface area contributed by atoms with E-state index < -0.39 is 0 Å². The van der Waals surface area contributed by atoms with E-state index in [4.69, 9.17) is 0 Å². The number of aliphatic hydroxyl groups excluding tert-OH is 1. The van der Waals surface area contributed by atoms with E-state index in [9.17, 15) is 5.11 Å². The summed E-state index contributed by atoms with van der Waals surface area (Å²) >= 11 is 0. The lowest BCUT2D eigenvalue weighted by Gasteiger charge is -2.69. The van der Waals surface area contributed by atoms with Crippen LogP contribution >= 0.6 is 0 Å². The quantitative estimate of drug-likeness (QED) is 0.447. The van der Waals surface area contributed by atoms with E-state index in [0.29, 0.717) is 22.2 Å². The van der Waals surface area contributed by atoms with Crippen LogP contribution in [0.3, 0.4) is 0 Å². The van der Waals surface area contributed by atoms with E-state index in [1.165, 1.54) is 63.4 Å². The SMILES string of the molecule is CC(C)=CCC[C@H](C)C1=C2CC[C@@H]3[C@@]4(C)CC[C@H](O)C(C)(C)[C@@H]4CC[C@@]3(C)[C@@]2(C)CC1. The standard InChI is InChI=1S/C30H50O/c1-20(2)10-9-11-21(3)22-14-18-29(7)23(22)12-13-25-28(6)17-16-26(31)27(4,5)24(28)15-19-30(25,29)8/h10,21,24-26,31H,9,11-19H2,1-8H3/t21-,24-,25+,26-,28-,29-,30+/m0/s1. The van der Waals surface area contributed by atoms with Crippen LogP contribution in [0.5, 0.6) is 0 Å². The van der Waals surface area contributed by atoms with Gasteiger partial charge in [-0.1, -0.05) is 64.3 Å². The summed E-state index contributed by atoms with van der Waals surface area (Å²) in [5, 5.41) is 10.8. The molecule has 7 atom stereocenters. The van der Waals surface area contributed by atoms with E-state index >= 15 is 0 Å². The molecule has 1 N–H and O–H groups in total. The monoisotopic (exact) mass is 426 g/mol. The lowest BCUT2D eigenvalue weighted by atomic mass is 9.36. The van der Waals surface area contributed by atoms with Crippen LogP contribution in [0, 0.1) is 39.4 Å².